The summed E-state index contributed by atoms with van der Waals surface area (Å²) in [6.07, 6.45) is 7.09. The van der Waals surface area contributed by atoms with Gasteiger partial charge in [-0.15, -0.1) is 0 Å². The molecule has 2 aromatic heterocycles. The summed E-state index contributed by atoms with van der Waals surface area (Å²) in [5.74, 6) is 1.58. The molecule has 1 amide bonds. The van der Waals surface area contributed by atoms with Gasteiger partial charge in [0.25, 0.3) is 0 Å². The van der Waals surface area contributed by atoms with E-state index in [1.165, 1.54) is 0 Å². The first-order chi connectivity index (χ1) is 11.7. The van der Waals surface area contributed by atoms with Crippen molar-refractivity contribution in [1.29, 1.82) is 0 Å². The predicted molar refractivity (Wildman–Crippen MR) is 85.1 cm³/mol. The molecule has 0 bridgehead atoms. The fraction of sp³-hybridized carbons (Fsp3) is 0.588. The van der Waals surface area contributed by atoms with Crippen molar-refractivity contribution in [3.8, 4) is 0 Å². The van der Waals surface area contributed by atoms with Crippen LogP contribution in [-0.2, 0) is 17.8 Å². The standard InChI is InChI=1S/C17H22N4O3/c22-15-7-11(10-21-5-1-4-18-21)6-14(15)19-17(23)9-13-8-16(24-20-13)12-2-3-12/h1,4-5,8,11-12,14-15,22H,2-3,6-7,9-10H2,(H,19,23)/t11?,14-,15-/m1/s1. The van der Waals surface area contributed by atoms with Crippen LogP contribution in [0.2, 0.25) is 0 Å². The SMILES string of the molecule is O=C(Cc1cc(C2CC2)on1)N[C@@H]1CC(Cn2cccn2)C[C@H]1O. The molecular formula is C17H22N4O3. The summed E-state index contributed by atoms with van der Waals surface area (Å²) in [7, 11) is 0. The maximum Gasteiger partial charge on any atom is 0.226 e. The Hall–Kier alpha value is -2.15. The van der Waals surface area contributed by atoms with Crippen LogP contribution < -0.4 is 5.32 Å². The van der Waals surface area contributed by atoms with Crippen molar-refractivity contribution < 1.29 is 14.4 Å². The Balaban J connectivity index is 1.28. The molecule has 0 spiro atoms. The highest BCUT2D eigenvalue weighted by Crippen LogP contribution is 2.40. The van der Waals surface area contributed by atoms with Crippen LogP contribution in [0.4, 0.5) is 0 Å². The highest BCUT2D eigenvalue weighted by atomic mass is 16.5. The first kappa shape index (κ1) is 15.4. The molecule has 7 heteroatoms. The summed E-state index contributed by atoms with van der Waals surface area (Å²) in [5.41, 5.74) is 0.662. The van der Waals surface area contributed by atoms with E-state index in [0.717, 1.165) is 31.6 Å². The van der Waals surface area contributed by atoms with Gasteiger partial charge in [-0.05, 0) is 37.7 Å². The smallest absolute Gasteiger partial charge is 0.226 e. The van der Waals surface area contributed by atoms with Crippen molar-refractivity contribution >= 4 is 5.91 Å². The molecule has 24 heavy (non-hydrogen) atoms. The van der Waals surface area contributed by atoms with Gasteiger partial charge in [-0.2, -0.15) is 5.10 Å². The monoisotopic (exact) mass is 330 g/mol. The third-order valence-corrected chi connectivity index (χ3v) is 4.88. The third kappa shape index (κ3) is 3.51. The summed E-state index contributed by atoms with van der Waals surface area (Å²) in [5, 5.41) is 21.3. The van der Waals surface area contributed by atoms with Crippen LogP contribution in [0.25, 0.3) is 0 Å². The fourth-order valence-electron chi connectivity index (χ4n) is 3.49. The number of aromatic nitrogens is 3. The van der Waals surface area contributed by atoms with E-state index in [0.29, 0.717) is 24.0 Å². The summed E-state index contributed by atoms with van der Waals surface area (Å²) >= 11 is 0. The van der Waals surface area contributed by atoms with Crippen molar-refractivity contribution in [2.24, 2.45) is 5.92 Å². The quantitative estimate of drug-likeness (QED) is 0.831. The minimum Gasteiger partial charge on any atom is -0.391 e. The summed E-state index contributed by atoms with van der Waals surface area (Å²) < 4.78 is 7.14. The van der Waals surface area contributed by atoms with E-state index in [-0.39, 0.29) is 18.4 Å². The average molecular weight is 330 g/mol. The molecule has 3 atom stereocenters. The second-order valence-corrected chi connectivity index (χ2v) is 6.98. The molecule has 2 aromatic rings. The van der Waals surface area contributed by atoms with Crippen molar-refractivity contribution in [1.82, 2.24) is 20.3 Å². The highest BCUT2D eigenvalue weighted by Gasteiger charge is 2.34. The Bertz CT molecular complexity index is 693. The van der Waals surface area contributed by atoms with E-state index >= 15 is 0 Å². The number of aliphatic hydroxyl groups excluding tert-OH is 1. The van der Waals surface area contributed by atoms with Gasteiger partial charge in [0.05, 0.1) is 24.3 Å². The lowest BCUT2D eigenvalue weighted by Gasteiger charge is -2.16. The van der Waals surface area contributed by atoms with Crippen LogP contribution in [0.5, 0.6) is 0 Å². The van der Waals surface area contributed by atoms with Crippen molar-refractivity contribution in [3.05, 3.63) is 36.0 Å². The molecule has 0 aromatic carbocycles. The van der Waals surface area contributed by atoms with Gasteiger partial charge in [-0.25, -0.2) is 0 Å². The van der Waals surface area contributed by atoms with E-state index in [9.17, 15) is 9.90 Å². The largest absolute Gasteiger partial charge is 0.391 e. The topological polar surface area (TPSA) is 93.2 Å². The van der Waals surface area contributed by atoms with Crippen LogP contribution in [0.1, 0.15) is 43.1 Å². The number of nitrogens with zero attached hydrogens (tertiary/aromatic N) is 3. The summed E-state index contributed by atoms with van der Waals surface area (Å²) in [6, 6.07) is 3.56. The molecule has 2 heterocycles. The van der Waals surface area contributed by atoms with Gasteiger partial charge < -0.3 is 14.9 Å². The first-order valence-electron chi connectivity index (χ1n) is 8.57. The Morgan fingerprint density at radius 2 is 2.29 bits per heavy atom. The lowest BCUT2D eigenvalue weighted by molar-refractivity contribution is -0.121. The van der Waals surface area contributed by atoms with E-state index in [2.05, 4.69) is 15.6 Å². The predicted octanol–water partition coefficient (Wildman–Crippen LogP) is 1.25. The molecule has 2 N–H and O–H groups in total. The molecule has 2 aliphatic carbocycles. The average Bonchev–Trinajstić information content (AvgIpc) is 2.93. The third-order valence-electron chi connectivity index (χ3n) is 4.88. The molecule has 2 aliphatic rings. The van der Waals surface area contributed by atoms with E-state index < -0.39 is 6.10 Å². The number of amides is 1. The molecule has 0 saturated heterocycles. The van der Waals surface area contributed by atoms with Gasteiger partial charge in [0.1, 0.15) is 5.76 Å². The second kappa shape index (κ2) is 6.39. The lowest BCUT2D eigenvalue weighted by atomic mass is 10.1. The van der Waals surface area contributed by atoms with Gasteiger partial charge in [0.15, 0.2) is 0 Å². The maximum atomic E-state index is 12.2. The Morgan fingerprint density at radius 3 is 3.04 bits per heavy atom. The van der Waals surface area contributed by atoms with Crippen molar-refractivity contribution in [3.63, 3.8) is 0 Å². The molecule has 2 fully saturated rings. The molecule has 0 radical (unpaired) electrons. The number of hydrogen-bond acceptors (Lipinski definition) is 5. The van der Waals surface area contributed by atoms with Crippen molar-refractivity contribution in [2.75, 3.05) is 0 Å². The zero-order valence-electron chi connectivity index (χ0n) is 13.5. The summed E-state index contributed by atoms with van der Waals surface area (Å²) in [6.45, 7) is 0.768. The van der Waals surface area contributed by atoms with Gasteiger partial charge in [0.2, 0.25) is 5.91 Å². The normalized spacial score (nSPS) is 26.6. The Kier molecular flexibility index (Phi) is 4.10. The molecule has 0 aliphatic heterocycles. The van der Waals surface area contributed by atoms with E-state index in [1.54, 1.807) is 6.20 Å². The first-order valence-corrected chi connectivity index (χ1v) is 8.57. The fourth-order valence-corrected chi connectivity index (χ4v) is 3.49. The zero-order valence-corrected chi connectivity index (χ0v) is 13.5. The Labute approximate surface area is 140 Å². The number of nitrogens with one attached hydrogen (secondary N) is 1. The lowest BCUT2D eigenvalue weighted by Crippen LogP contribution is -2.40. The van der Waals surface area contributed by atoms with E-state index in [4.69, 9.17) is 4.52 Å². The van der Waals surface area contributed by atoms with Gasteiger partial charge in [-0.3, -0.25) is 9.48 Å². The zero-order chi connectivity index (χ0) is 16.5. The van der Waals surface area contributed by atoms with Gasteiger partial charge in [0, 0.05) is 30.9 Å². The number of hydrogen-bond donors (Lipinski definition) is 2. The highest BCUT2D eigenvalue weighted by molar-refractivity contribution is 5.78. The molecule has 7 nitrogen and oxygen atoms in total. The minimum absolute atomic E-state index is 0.116. The molecule has 128 valence electrons. The summed E-state index contributed by atoms with van der Waals surface area (Å²) in [4.78, 5) is 12.2. The van der Waals surface area contributed by atoms with Gasteiger partial charge in [-0.1, -0.05) is 5.16 Å². The van der Waals surface area contributed by atoms with Gasteiger partial charge >= 0.3 is 0 Å². The molecule has 1 unspecified atom stereocenters. The second-order valence-electron chi connectivity index (χ2n) is 6.98. The van der Waals surface area contributed by atoms with E-state index in [1.807, 2.05) is 23.0 Å². The van der Waals surface area contributed by atoms with Crippen molar-refractivity contribution in [2.45, 2.75) is 56.7 Å². The molecule has 2 saturated carbocycles. The molecule has 4 rings (SSSR count). The van der Waals surface area contributed by atoms with Crippen LogP contribution in [-0.4, -0.2) is 38.1 Å². The Morgan fingerprint density at radius 1 is 1.42 bits per heavy atom. The maximum absolute atomic E-state index is 12.2. The number of carbonyl (C=O) groups excluding carboxylic acids is 1. The molecular weight excluding hydrogens is 308 g/mol. The number of aliphatic hydroxyl groups is 1. The van der Waals surface area contributed by atoms with Crippen LogP contribution in [0.3, 0.4) is 0 Å². The van der Waals surface area contributed by atoms with Crippen LogP contribution >= 0.6 is 0 Å². The number of carbonyl (C=O) groups is 1. The number of rotatable bonds is 6. The minimum atomic E-state index is -0.506. The van der Waals surface area contributed by atoms with Crippen LogP contribution in [0, 0.1) is 5.92 Å². The van der Waals surface area contributed by atoms with Crippen LogP contribution in [0.15, 0.2) is 29.0 Å².